The van der Waals surface area contributed by atoms with Crippen molar-refractivity contribution in [3.8, 4) is 0 Å². The van der Waals surface area contributed by atoms with Gasteiger partial charge in [-0.1, -0.05) is 19.1 Å². The van der Waals surface area contributed by atoms with Crippen LogP contribution in [0.5, 0.6) is 0 Å². The third-order valence-corrected chi connectivity index (χ3v) is 3.00. The first-order valence-electron chi connectivity index (χ1n) is 5.77. The molecule has 0 aliphatic rings. The quantitative estimate of drug-likeness (QED) is 0.780. The van der Waals surface area contributed by atoms with Gasteiger partial charge in [0.2, 0.25) is 5.91 Å². The zero-order valence-electron chi connectivity index (χ0n) is 9.88. The Balaban J connectivity index is 2.30. The van der Waals surface area contributed by atoms with Crippen LogP contribution in [-0.2, 0) is 11.2 Å². The average Bonchev–Trinajstić information content (AvgIpc) is 2.28. The highest BCUT2D eigenvalue weighted by atomic mass is 35.5. The van der Waals surface area contributed by atoms with Crippen molar-refractivity contribution in [3.05, 3.63) is 35.6 Å². The van der Waals surface area contributed by atoms with Gasteiger partial charge in [-0.05, 0) is 30.5 Å². The Kier molecular flexibility index (Phi) is 5.98. The van der Waals surface area contributed by atoms with E-state index in [1.165, 1.54) is 12.1 Å². The number of benzene rings is 1. The summed E-state index contributed by atoms with van der Waals surface area (Å²) in [5, 5.41) is 2.87. The summed E-state index contributed by atoms with van der Waals surface area (Å²) in [6.07, 6.45) is 1.85. The fourth-order valence-electron chi connectivity index (χ4n) is 1.47. The topological polar surface area (TPSA) is 29.1 Å². The molecular weight excluding hydrogens is 241 g/mol. The summed E-state index contributed by atoms with van der Waals surface area (Å²) in [5.41, 5.74) is 0.681. The second-order valence-corrected chi connectivity index (χ2v) is 4.57. The van der Waals surface area contributed by atoms with Crippen molar-refractivity contribution in [2.75, 3.05) is 6.54 Å². The van der Waals surface area contributed by atoms with Gasteiger partial charge in [-0.15, -0.1) is 11.6 Å². The van der Waals surface area contributed by atoms with Crippen LogP contribution in [0.3, 0.4) is 0 Å². The van der Waals surface area contributed by atoms with Crippen molar-refractivity contribution in [1.29, 1.82) is 0 Å². The Morgan fingerprint density at radius 1 is 1.53 bits per heavy atom. The number of alkyl halides is 1. The van der Waals surface area contributed by atoms with Crippen LogP contribution in [0.4, 0.5) is 4.39 Å². The van der Waals surface area contributed by atoms with E-state index in [1.54, 1.807) is 12.1 Å². The Labute approximate surface area is 106 Å². The van der Waals surface area contributed by atoms with Gasteiger partial charge in [0.1, 0.15) is 5.82 Å². The van der Waals surface area contributed by atoms with E-state index in [0.717, 1.165) is 12.8 Å². The molecule has 0 spiro atoms. The zero-order chi connectivity index (χ0) is 12.7. The first-order chi connectivity index (χ1) is 8.11. The molecule has 0 saturated carbocycles. The third-order valence-electron chi connectivity index (χ3n) is 2.48. The molecule has 17 heavy (non-hydrogen) atoms. The van der Waals surface area contributed by atoms with E-state index in [1.807, 2.05) is 6.92 Å². The van der Waals surface area contributed by atoms with Gasteiger partial charge in [-0.2, -0.15) is 0 Å². The standard InChI is InChI=1S/C13H17ClFNO/c1-2-11(14)6-7-16-13(17)9-10-4-3-5-12(15)8-10/h3-5,8,11H,2,6-7,9H2,1H3,(H,16,17). The van der Waals surface area contributed by atoms with E-state index in [9.17, 15) is 9.18 Å². The number of carbonyl (C=O) groups excluding carboxylic acids is 1. The van der Waals surface area contributed by atoms with Crippen LogP contribution in [0.15, 0.2) is 24.3 Å². The molecule has 94 valence electrons. The van der Waals surface area contributed by atoms with Crippen molar-refractivity contribution in [2.45, 2.75) is 31.6 Å². The lowest BCUT2D eigenvalue weighted by Crippen LogP contribution is -2.27. The number of carbonyl (C=O) groups is 1. The normalized spacial score (nSPS) is 12.2. The average molecular weight is 258 g/mol. The molecule has 0 saturated heterocycles. The van der Waals surface area contributed by atoms with Gasteiger partial charge in [0, 0.05) is 11.9 Å². The summed E-state index contributed by atoms with van der Waals surface area (Å²) in [6, 6.07) is 6.07. The molecule has 2 nitrogen and oxygen atoms in total. The molecule has 1 unspecified atom stereocenters. The fraction of sp³-hybridized carbons (Fsp3) is 0.462. The Morgan fingerprint density at radius 2 is 2.29 bits per heavy atom. The lowest BCUT2D eigenvalue weighted by atomic mass is 10.1. The maximum absolute atomic E-state index is 12.9. The van der Waals surface area contributed by atoms with Crippen LogP contribution in [0, 0.1) is 5.82 Å². The van der Waals surface area contributed by atoms with Gasteiger partial charge >= 0.3 is 0 Å². The largest absolute Gasteiger partial charge is 0.356 e. The maximum Gasteiger partial charge on any atom is 0.224 e. The zero-order valence-corrected chi connectivity index (χ0v) is 10.6. The van der Waals surface area contributed by atoms with Gasteiger partial charge in [-0.25, -0.2) is 4.39 Å². The van der Waals surface area contributed by atoms with Crippen LogP contribution in [0.1, 0.15) is 25.3 Å². The molecule has 0 fully saturated rings. The molecule has 0 aliphatic heterocycles. The minimum atomic E-state index is -0.317. The van der Waals surface area contributed by atoms with Crippen molar-refractivity contribution in [2.24, 2.45) is 0 Å². The number of amides is 1. The summed E-state index contributed by atoms with van der Waals surface area (Å²) in [6.45, 7) is 2.57. The van der Waals surface area contributed by atoms with E-state index in [4.69, 9.17) is 11.6 Å². The Bertz CT molecular complexity index is 370. The Morgan fingerprint density at radius 3 is 2.94 bits per heavy atom. The highest BCUT2D eigenvalue weighted by Gasteiger charge is 2.05. The minimum absolute atomic E-state index is 0.101. The number of hydrogen-bond donors (Lipinski definition) is 1. The highest BCUT2D eigenvalue weighted by Crippen LogP contribution is 2.06. The van der Waals surface area contributed by atoms with Crippen molar-refractivity contribution >= 4 is 17.5 Å². The molecule has 0 radical (unpaired) electrons. The van der Waals surface area contributed by atoms with Crippen LogP contribution in [0.25, 0.3) is 0 Å². The number of hydrogen-bond acceptors (Lipinski definition) is 1. The summed E-state index contributed by atoms with van der Waals surface area (Å²) < 4.78 is 12.9. The van der Waals surface area contributed by atoms with Crippen LogP contribution < -0.4 is 5.32 Å². The first kappa shape index (κ1) is 14.0. The molecule has 0 aliphatic carbocycles. The van der Waals surface area contributed by atoms with Gasteiger partial charge in [-0.3, -0.25) is 4.79 Å². The number of rotatable bonds is 6. The molecular formula is C13H17ClFNO. The summed E-state index contributed by atoms with van der Waals surface area (Å²) in [4.78, 5) is 11.5. The van der Waals surface area contributed by atoms with Crippen LogP contribution in [-0.4, -0.2) is 17.8 Å². The van der Waals surface area contributed by atoms with Crippen LogP contribution in [0.2, 0.25) is 0 Å². The predicted molar refractivity (Wildman–Crippen MR) is 67.7 cm³/mol. The first-order valence-corrected chi connectivity index (χ1v) is 6.20. The monoisotopic (exact) mass is 257 g/mol. The molecule has 0 bridgehead atoms. The lowest BCUT2D eigenvalue weighted by molar-refractivity contribution is -0.120. The number of halogens is 2. The van der Waals surface area contributed by atoms with Crippen molar-refractivity contribution in [1.82, 2.24) is 5.32 Å². The summed E-state index contributed by atoms with van der Waals surface area (Å²) >= 11 is 5.93. The summed E-state index contributed by atoms with van der Waals surface area (Å²) in [5.74, 6) is -0.419. The van der Waals surface area contributed by atoms with Gasteiger partial charge in [0.05, 0.1) is 6.42 Å². The van der Waals surface area contributed by atoms with Gasteiger partial charge in [0.15, 0.2) is 0 Å². The SMILES string of the molecule is CCC(Cl)CCNC(=O)Cc1cccc(F)c1. The molecule has 1 atom stereocenters. The minimum Gasteiger partial charge on any atom is -0.356 e. The van der Waals surface area contributed by atoms with E-state index in [0.29, 0.717) is 12.1 Å². The Hall–Kier alpha value is -1.09. The third kappa shape index (κ3) is 5.68. The predicted octanol–water partition coefficient (Wildman–Crippen LogP) is 2.89. The van der Waals surface area contributed by atoms with Crippen LogP contribution >= 0.6 is 11.6 Å². The number of nitrogens with one attached hydrogen (secondary N) is 1. The molecule has 0 aromatic heterocycles. The highest BCUT2D eigenvalue weighted by molar-refractivity contribution is 6.20. The molecule has 1 aromatic carbocycles. The second-order valence-electron chi connectivity index (χ2n) is 3.95. The molecule has 1 rings (SSSR count). The molecule has 1 amide bonds. The fourth-order valence-corrected chi connectivity index (χ4v) is 1.58. The van der Waals surface area contributed by atoms with Crippen molar-refractivity contribution < 1.29 is 9.18 Å². The van der Waals surface area contributed by atoms with Crippen molar-refractivity contribution in [3.63, 3.8) is 0 Å². The molecule has 1 aromatic rings. The molecule has 0 heterocycles. The van der Waals surface area contributed by atoms with E-state index in [-0.39, 0.29) is 23.5 Å². The van der Waals surface area contributed by atoms with Gasteiger partial charge < -0.3 is 5.32 Å². The smallest absolute Gasteiger partial charge is 0.224 e. The maximum atomic E-state index is 12.9. The second kappa shape index (κ2) is 7.28. The van der Waals surface area contributed by atoms with E-state index < -0.39 is 0 Å². The molecule has 1 N–H and O–H groups in total. The molecule has 4 heteroatoms. The van der Waals surface area contributed by atoms with E-state index in [2.05, 4.69) is 5.32 Å². The van der Waals surface area contributed by atoms with Gasteiger partial charge in [0.25, 0.3) is 0 Å². The van der Waals surface area contributed by atoms with E-state index >= 15 is 0 Å². The summed E-state index contributed by atoms with van der Waals surface area (Å²) in [7, 11) is 0. The lowest BCUT2D eigenvalue weighted by Gasteiger charge is -2.08.